The largest absolute Gasteiger partial charge is 0.388 e. The average molecular weight is 305 g/mol. The Morgan fingerprint density at radius 1 is 1.26 bits per heavy atom. The van der Waals surface area contributed by atoms with E-state index < -0.39 is 15.6 Å². The summed E-state index contributed by atoms with van der Waals surface area (Å²) in [4.78, 5) is 0.218. The molecule has 0 atom stereocenters. The third-order valence-electron chi connectivity index (χ3n) is 3.48. The van der Waals surface area contributed by atoms with Crippen molar-refractivity contribution in [2.45, 2.75) is 23.3 Å². The van der Waals surface area contributed by atoms with E-state index in [1.807, 2.05) is 0 Å². The predicted molar refractivity (Wildman–Crippen MR) is 73.4 cm³/mol. The Morgan fingerprint density at radius 3 is 2.26 bits per heavy atom. The van der Waals surface area contributed by atoms with Gasteiger partial charge in [-0.1, -0.05) is 11.6 Å². The summed E-state index contributed by atoms with van der Waals surface area (Å²) < 4.78 is 26.1. The first-order valence-electron chi connectivity index (χ1n) is 6.06. The number of hydrogen-bond donors (Lipinski definition) is 2. The summed E-state index contributed by atoms with van der Waals surface area (Å²) in [7, 11) is -3.51. The molecule has 0 saturated carbocycles. The Hall–Kier alpha value is -0.660. The van der Waals surface area contributed by atoms with Crippen molar-refractivity contribution in [1.29, 1.82) is 0 Å². The Morgan fingerprint density at radius 2 is 1.79 bits per heavy atom. The molecule has 0 unspecified atom stereocenters. The zero-order chi connectivity index (χ0) is 14.1. The lowest BCUT2D eigenvalue weighted by Crippen LogP contribution is -2.50. The summed E-state index contributed by atoms with van der Waals surface area (Å²) in [5, 5.41) is 10.5. The number of aliphatic hydroxyl groups is 1. The lowest BCUT2D eigenvalue weighted by Gasteiger charge is -2.36. The molecule has 1 aromatic rings. The molecule has 1 aliphatic rings. The van der Waals surface area contributed by atoms with Crippen molar-refractivity contribution < 1.29 is 13.5 Å². The van der Waals surface area contributed by atoms with Crippen LogP contribution in [0.25, 0.3) is 0 Å². The molecule has 1 saturated heterocycles. The maximum atomic E-state index is 12.4. The van der Waals surface area contributed by atoms with Crippen molar-refractivity contribution in [2.24, 2.45) is 5.73 Å². The van der Waals surface area contributed by atoms with Crippen LogP contribution in [0.5, 0.6) is 0 Å². The van der Waals surface area contributed by atoms with E-state index in [2.05, 4.69) is 0 Å². The van der Waals surface area contributed by atoms with E-state index in [0.717, 1.165) is 0 Å². The number of piperidine rings is 1. The van der Waals surface area contributed by atoms with E-state index in [4.69, 9.17) is 17.3 Å². The summed E-state index contributed by atoms with van der Waals surface area (Å²) in [5.41, 5.74) is 4.55. The third kappa shape index (κ3) is 3.09. The number of rotatable bonds is 3. The maximum Gasteiger partial charge on any atom is 0.243 e. The quantitative estimate of drug-likeness (QED) is 0.866. The average Bonchev–Trinajstić information content (AvgIpc) is 2.40. The fourth-order valence-corrected chi connectivity index (χ4v) is 3.67. The highest BCUT2D eigenvalue weighted by Crippen LogP contribution is 2.26. The summed E-state index contributed by atoms with van der Waals surface area (Å²) in [6.45, 7) is 0.707. The van der Waals surface area contributed by atoms with E-state index in [1.54, 1.807) is 12.1 Å². The number of benzene rings is 1. The first-order valence-corrected chi connectivity index (χ1v) is 7.87. The van der Waals surface area contributed by atoms with Gasteiger partial charge in [-0.2, -0.15) is 4.31 Å². The first kappa shape index (κ1) is 14.7. The highest BCUT2D eigenvalue weighted by Gasteiger charge is 2.36. The maximum absolute atomic E-state index is 12.4. The first-order chi connectivity index (χ1) is 8.87. The van der Waals surface area contributed by atoms with Gasteiger partial charge in [0.05, 0.1) is 10.5 Å². The standard InChI is InChI=1S/C12H17ClN2O3S/c13-10-1-3-11(4-2-10)19(17,18)15-7-5-12(16,9-14)6-8-15/h1-4,16H,5-9,14H2. The van der Waals surface area contributed by atoms with Crippen LogP contribution in [0.2, 0.25) is 5.02 Å². The van der Waals surface area contributed by atoms with Gasteiger partial charge in [-0.05, 0) is 37.1 Å². The Labute approximate surface area is 118 Å². The van der Waals surface area contributed by atoms with Gasteiger partial charge in [0.2, 0.25) is 10.0 Å². The van der Waals surface area contributed by atoms with Crippen LogP contribution in [0.4, 0.5) is 0 Å². The smallest absolute Gasteiger partial charge is 0.243 e. The number of sulfonamides is 1. The van der Waals surface area contributed by atoms with E-state index in [9.17, 15) is 13.5 Å². The minimum atomic E-state index is -3.51. The zero-order valence-corrected chi connectivity index (χ0v) is 12.0. The SMILES string of the molecule is NCC1(O)CCN(S(=O)(=O)c2ccc(Cl)cc2)CC1. The van der Waals surface area contributed by atoms with E-state index in [0.29, 0.717) is 17.9 Å². The summed E-state index contributed by atoms with van der Waals surface area (Å²) in [6.07, 6.45) is 0.715. The normalized spacial score (nSPS) is 20.4. The Bertz CT molecular complexity index is 537. The summed E-state index contributed by atoms with van der Waals surface area (Å²) in [6, 6.07) is 6.08. The minimum Gasteiger partial charge on any atom is -0.388 e. The molecule has 1 fully saturated rings. The number of halogens is 1. The second kappa shape index (κ2) is 5.38. The number of hydrogen-bond acceptors (Lipinski definition) is 4. The second-order valence-electron chi connectivity index (χ2n) is 4.79. The van der Waals surface area contributed by atoms with Gasteiger partial charge in [-0.3, -0.25) is 0 Å². The fourth-order valence-electron chi connectivity index (χ4n) is 2.10. The van der Waals surface area contributed by atoms with Gasteiger partial charge in [0, 0.05) is 24.7 Å². The second-order valence-corrected chi connectivity index (χ2v) is 7.16. The molecule has 0 aromatic heterocycles. The molecular weight excluding hydrogens is 288 g/mol. The molecule has 1 aliphatic heterocycles. The Kier molecular flexibility index (Phi) is 4.17. The van der Waals surface area contributed by atoms with Crippen LogP contribution in [0, 0.1) is 0 Å². The van der Waals surface area contributed by atoms with Crippen molar-refractivity contribution in [2.75, 3.05) is 19.6 Å². The van der Waals surface area contributed by atoms with Gasteiger partial charge in [-0.25, -0.2) is 8.42 Å². The van der Waals surface area contributed by atoms with Gasteiger partial charge >= 0.3 is 0 Å². The van der Waals surface area contributed by atoms with Crippen LogP contribution in [-0.4, -0.2) is 43.1 Å². The molecule has 2 rings (SSSR count). The summed E-state index contributed by atoms with van der Waals surface area (Å²) in [5.74, 6) is 0. The molecule has 0 amide bonds. The lowest BCUT2D eigenvalue weighted by atomic mass is 9.93. The van der Waals surface area contributed by atoms with Crippen molar-refractivity contribution in [3.63, 3.8) is 0 Å². The van der Waals surface area contributed by atoms with E-state index >= 15 is 0 Å². The zero-order valence-electron chi connectivity index (χ0n) is 10.4. The van der Waals surface area contributed by atoms with Gasteiger partial charge in [-0.15, -0.1) is 0 Å². The molecule has 1 aromatic carbocycles. The van der Waals surface area contributed by atoms with E-state index in [-0.39, 0.29) is 24.5 Å². The molecule has 3 N–H and O–H groups in total. The van der Waals surface area contributed by atoms with Crippen LogP contribution in [0.1, 0.15) is 12.8 Å². The number of nitrogens with zero attached hydrogens (tertiary/aromatic N) is 1. The van der Waals surface area contributed by atoms with Crippen LogP contribution in [0.3, 0.4) is 0 Å². The van der Waals surface area contributed by atoms with Crippen molar-refractivity contribution in [3.8, 4) is 0 Å². The Balaban J connectivity index is 2.16. The fraction of sp³-hybridized carbons (Fsp3) is 0.500. The lowest BCUT2D eigenvalue weighted by molar-refractivity contribution is 0.00344. The molecule has 5 nitrogen and oxygen atoms in total. The molecule has 0 spiro atoms. The molecule has 0 radical (unpaired) electrons. The van der Waals surface area contributed by atoms with Crippen molar-refractivity contribution in [1.82, 2.24) is 4.31 Å². The number of nitrogens with two attached hydrogens (primary N) is 1. The topological polar surface area (TPSA) is 83.6 Å². The van der Waals surface area contributed by atoms with Gasteiger partial charge in [0.25, 0.3) is 0 Å². The highest BCUT2D eigenvalue weighted by atomic mass is 35.5. The molecule has 1 heterocycles. The van der Waals surface area contributed by atoms with Gasteiger partial charge < -0.3 is 10.8 Å². The molecule has 19 heavy (non-hydrogen) atoms. The highest BCUT2D eigenvalue weighted by molar-refractivity contribution is 7.89. The molecule has 7 heteroatoms. The van der Waals surface area contributed by atoms with Crippen LogP contribution in [0.15, 0.2) is 29.2 Å². The molecule has 0 aliphatic carbocycles. The van der Waals surface area contributed by atoms with Crippen LogP contribution < -0.4 is 5.73 Å². The predicted octanol–water partition coefficient (Wildman–Crippen LogP) is 0.814. The third-order valence-corrected chi connectivity index (χ3v) is 5.65. The molecule has 106 valence electrons. The van der Waals surface area contributed by atoms with E-state index in [1.165, 1.54) is 16.4 Å². The van der Waals surface area contributed by atoms with Crippen molar-refractivity contribution >= 4 is 21.6 Å². The summed E-state index contributed by atoms with van der Waals surface area (Å²) >= 11 is 5.75. The molecular formula is C12H17ClN2O3S. The van der Waals surface area contributed by atoms with Crippen LogP contribution in [-0.2, 0) is 10.0 Å². The monoisotopic (exact) mass is 304 g/mol. The van der Waals surface area contributed by atoms with Gasteiger partial charge in [0.1, 0.15) is 0 Å². The van der Waals surface area contributed by atoms with Crippen molar-refractivity contribution in [3.05, 3.63) is 29.3 Å². The van der Waals surface area contributed by atoms with Crippen LogP contribution >= 0.6 is 11.6 Å². The van der Waals surface area contributed by atoms with Gasteiger partial charge in [0.15, 0.2) is 0 Å². The minimum absolute atomic E-state index is 0.155. The molecule has 0 bridgehead atoms.